The summed E-state index contributed by atoms with van der Waals surface area (Å²) < 4.78 is 0. The molecule has 1 aromatic rings. The van der Waals surface area contributed by atoms with Crippen LogP contribution >= 0.6 is 0 Å². The summed E-state index contributed by atoms with van der Waals surface area (Å²) in [6.07, 6.45) is 1.69. The number of carbonyl (C=O) groups excluding carboxylic acids is 3. The predicted molar refractivity (Wildman–Crippen MR) is 85.8 cm³/mol. The zero-order chi connectivity index (χ0) is 16.8. The highest BCUT2D eigenvalue weighted by Gasteiger charge is 2.39. The molecule has 0 bridgehead atoms. The van der Waals surface area contributed by atoms with Crippen LogP contribution in [0.5, 0.6) is 0 Å². The van der Waals surface area contributed by atoms with Crippen LogP contribution in [0.3, 0.4) is 0 Å². The minimum absolute atomic E-state index is 0.0557. The van der Waals surface area contributed by atoms with Crippen molar-refractivity contribution in [2.24, 2.45) is 0 Å². The third-order valence-electron chi connectivity index (χ3n) is 5.19. The van der Waals surface area contributed by atoms with Crippen LogP contribution in [0.15, 0.2) is 18.2 Å². The molecule has 0 aromatic heterocycles. The normalized spacial score (nSPS) is 21.4. The number of nitrogens with zero attached hydrogens (tertiary/aromatic N) is 1. The highest BCUT2D eigenvalue weighted by Crippen LogP contribution is 2.33. The van der Waals surface area contributed by atoms with E-state index in [1.807, 2.05) is 12.1 Å². The Morgan fingerprint density at radius 2 is 2.00 bits per heavy atom. The molecule has 23 heavy (non-hydrogen) atoms. The van der Waals surface area contributed by atoms with Crippen molar-refractivity contribution >= 4 is 17.7 Å². The minimum atomic E-state index is -0.546. The molecule has 3 rings (SSSR count). The van der Waals surface area contributed by atoms with Crippen molar-refractivity contribution in [2.75, 3.05) is 0 Å². The Bertz CT molecular complexity index is 694. The van der Waals surface area contributed by atoms with Crippen molar-refractivity contribution in [1.29, 1.82) is 0 Å². The average Bonchev–Trinajstić information content (AvgIpc) is 2.84. The standard InChI is InChI=1S/C18H22N2O3/c1-4-18(2,3)12-5-6-13-11(9-12)10-20(17(13)23)14-7-8-15(21)19-16(14)22/h5-6,9,14H,4,7-8,10H2,1-3H3,(H,19,21,22). The molecule has 1 atom stereocenters. The number of nitrogens with one attached hydrogen (secondary N) is 1. The maximum absolute atomic E-state index is 12.6. The molecule has 1 aromatic carbocycles. The van der Waals surface area contributed by atoms with Gasteiger partial charge in [0.2, 0.25) is 11.8 Å². The first-order chi connectivity index (χ1) is 10.8. The Morgan fingerprint density at radius 1 is 1.26 bits per heavy atom. The molecule has 0 aliphatic carbocycles. The zero-order valence-electron chi connectivity index (χ0n) is 13.8. The van der Waals surface area contributed by atoms with Gasteiger partial charge in [-0.1, -0.05) is 32.9 Å². The molecule has 2 heterocycles. The quantitative estimate of drug-likeness (QED) is 0.869. The Hall–Kier alpha value is -2.17. The highest BCUT2D eigenvalue weighted by molar-refractivity contribution is 6.05. The van der Waals surface area contributed by atoms with Crippen LogP contribution < -0.4 is 5.32 Å². The molecule has 5 heteroatoms. The molecule has 0 spiro atoms. The van der Waals surface area contributed by atoms with E-state index in [-0.39, 0.29) is 29.6 Å². The molecule has 1 saturated heterocycles. The molecule has 2 aliphatic heterocycles. The average molecular weight is 314 g/mol. The van der Waals surface area contributed by atoms with E-state index in [1.165, 1.54) is 5.56 Å². The summed E-state index contributed by atoms with van der Waals surface area (Å²) in [6, 6.07) is 5.42. The molecule has 0 radical (unpaired) electrons. The van der Waals surface area contributed by atoms with Gasteiger partial charge in [-0.15, -0.1) is 0 Å². The fourth-order valence-electron chi connectivity index (χ4n) is 3.20. The first-order valence-electron chi connectivity index (χ1n) is 8.11. The number of benzene rings is 1. The SMILES string of the molecule is CCC(C)(C)c1ccc2c(c1)CN(C1CCC(=O)NC1=O)C2=O. The van der Waals surface area contributed by atoms with Crippen molar-refractivity contribution in [1.82, 2.24) is 10.2 Å². The van der Waals surface area contributed by atoms with Crippen LogP contribution in [0.1, 0.15) is 61.5 Å². The van der Waals surface area contributed by atoms with Gasteiger partial charge in [-0.2, -0.15) is 0 Å². The summed E-state index contributed by atoms with van der Waals surface area (Å²) >= 11 is 0. The first kappa shape index (κ1) is 15.7. The van der Waals surface area contributed by atoms with Crippen molar-refractivity contribution in [2.45, 2.75) is 58.0 Å². The molecule has 5 nitrogen and oxygen atoms in total. The van der Waals surface area contributed by atoms with Gasteiger partial charge in [0.15, 0.2) is 0 Å². The van der Waals surface area contributed by atoms with E-state index in [0.29, 0.717) is 18.5 Å². The largest absolute Gasteiger partial charge is 0.322 e. The summed E-state index contributed by atoms with van der Waals surface area (Å²) in [5.41, 5.74) is 2.90. The van der Waals surface area contributed by atoms with Crippen LogP contribution in [-0.4, -0.2) is 28.7 Å². The summed E-state index contributed by atoms with van der Waals surface area (Å²) in [7, 11) is 0. The van der Waals surface area contributed by atoms with Crippen LogP contribution in [0.2, 0.25) is 0 Å². The number of carbonyl (C=O) groups is 3. The Balaban J connectivity index is 1.87. The third kappa shape index (κ3) is 2.64. The maximum atomic E-state index is 12.6. The van der Waals surface area contributed by atoms with Crippen LogP contribution in [0, 0.1) is 0 Å². The van der Waals surface area contributed by atoms with E-state index in [0.717, 1.165) is 12.0 Å². The Morgan fingerprint density at radius 3 is 2.65 bits per heavy atom. The van der Waals surface area contributed by atoms with E-state index >= 15 is 0 Å². The topological polar surface area (TPSA) is 66.5 Å². The van der Waals surface area contributed by atoms with E-state index in [1.54, 1.807) is 4.90 Å². The van der Waals surface area contributed by atoms with Crippen LogP contribution in [-0.2, 0) is 21.5 Å². The van der Waals surface area contributed by atoms with Gasteiger partial charge < -0.3 is 4.90 Å². The second-order valence-corrected chi connectivity index (χ2v) is 7.01. The van der Waals surface area contributed by atoms with Gasteiger partial charge in [0.05, 0.1) is 0 Å². The van der Waals surface area contributed by atoms with Crippen molar-refractivity contribution < 1.29 is 14.4 Å². The Kier molecular flexibility index (Phi) is 3.74. The van der Waals surface area contributed by atoms with Gasteiger partial charge in [-0.25, -0.2) is 0 Å². The van der Waals surface area contributed by atoms with Gasteiger partial charge in [0.25, 0.3) is 5.91 Å². The van der Waals surface area contributed by atoms with Gasteiger partial charge in [-0.3, -0.25) is 19.7 Å². The fraction of sp³-hybridized carbons (Fsp3) is 0.500. The molecular formula is C18H22N2O3. The number of rotatable bonds is 3. The lowest BCUT2D eigenvalue weighted by molar-refractivity contribution is -0.136. The van der Waals surface area contributed by atoms with E-state index < -0.39 is 6.04 Å². The van der Waals surface area contributed by atoms with Gasteiger partial charge in [0.1, 0.15) is 6.04 Å². The molecule has 1 N–H and O–H groups in total. The molecular weight excluding hydrogens is 292 g/mol. The van der Waals surface area contributed by atoms with Crippen LogP contribution in [0.4, 0.5) is 0 Å². The first-order valence-corrected chi connectivity index (χ1v) is 8.11. The number of imide groups is 1. The van der Waals surface area contributed by atoms with Crippen molar-refractivity contribution in [3.05, 3.63) is 34.9 Å². The number of hydrogen-bond donors (Lipinski definition) is 1. The van der Waals surface area contributed by atoms with Gasteiger partial charge in [0, 0.05) is 18.5 Å². The minimum Gasteiger partial charge on any atom is -0.322 e. The molecule has 1 fully saturated rings. The van der Waals surface area contributed by atoms with Crippen molar-refractivity contribution in [3.8, 4) is 0 Å². The van der Waals surface area contributed by atoms with E-state index in [9.17, 15) is 14.4 Å². The monoisotopic (exact) mass is 314 g/mol. The number of fused-ring (bicyclic) bond motifs is 1. The van der Waals surface area contributed by atoms with Gasteiger partial charge in [-0.05, 0) is 35.4 Å². The lowest BCUT2D eigenvalue weighted by atomic mass is 9.81. The highest BCUT2D eigenvalue weighted by atomic mass is 16.2. The smallest absolute Gasteiger partial charge is 0.255 e. The van der Waals surface area contributed by atoms with E-state index in [4.69, 9.17) is 0 Å². The lowest BCUT2D eigenvalue weighted by Gasteiger charge is -2.29. The summed E-state index contributed by atoms with van der Waals surface area (Å²) in [6.45, 7) is 6.95. The predicted octanol–water partition coefficient (Wildman–Crippen LogP) is 2.14. The Labute approximate surface area is 136 Å². The van der Waals surface area contributed by atoms with Crippen molar-refractivity contribution in [3.63, 3.8) is 0 Å². The van der Waals surface area contributed by atoms with E-state index in [2.05, 4.69) is 32.2 Å². The zero-order valence-corrected chi connectivity index (χ0v) is 13.8. The second kappa shape index (κ2) is 5.48. The second-order valence-electron chi connectivity index (χ2n) is 7.01. The molecule has 1 unspecified atom stereocenters. The summed E-state index contributed by atoms with van der Waals surface area (Å²) in [4.78, 5) is 37.5. The van der Waals surface area contributed by atoms with Gasteiger partial charge >= 0.3 is 0 Å². The number of hydrogen-bond acceptors (Lipinski definition) is 3. The fourth-order valence-corrected chi connectivity index (χ4v) is 3.20. The lowest BCUT2D eigenvalue weighted by Crippen LogP contribution is -2.52. The number of amides is 3. The molecule has 3 amide bonds. The molecule has 2 aliphatic rings. The molecule has 122 valence electrons. The number of piperidine rings is 1. The summed E-state index contributed by atoms with van der Waals surface area (Å²) in [5.74, 6) is -0.741. The maximum Gasteiger partial charge on any atom is 0.255 e. The third-order valence-corrected chi connectivity index (χ3v) is 5.19. The summed E-state index contributed by atoms with van der Waals surface area (Å²) in [5, 5.41) is 2.33. The van der Waals surface area contributed by atoms with Crippen LogP contribution in [0.25, 0.3) is 0 Å². The molecule has 0 saturated carbocycles.